The topological polar surface area (TPSA) is 64.4 Å². The van der Waals surface area contributed by atoms with Crippen molar-refractivity contribution in [3.63, 3.8) is 0 Å². The van der Waals surface area contributed by atoms with E-state index >= 15 is 0 Å². The van der Waals surface area contributed by atoms with Crippen molar-refractivity contribution >= 4 is 5.91 Å². The number of benzene rings is 1. The highest BCUT2D eigenvalue weighted by Gasteiger charge is 2.13. The highest BCUT2D eigenvalue weighted by molar-refractivity contribution is 5.91. The minimum absolute atomic E-state index is 0.0561. The summed E-state index contributed by atoms with van der Waals surface area (Å²) in [6, 6.07) is 4.42. The van der Waals surface area contributed by atoms with Gasteiger partial charge in [-0.05, 0) is 11.2 Å². The van der Waals surface area contributed by atoms with Crippen LogP contribution in [0.2, 0.25) is 0 Å². The molecule has 2 rings (SSSR count). The van der Waals surface area contributed by atoms with Gasteiger partial charge < -0.3 is 14.6 Å². The summed E-state index contributed by atoms with van der Waals surface area (Å²) in [5.41, 5.74) is 0.168. The van der Waals surface area contributed by atoms with Crippen LogP contribution >= 0.6 is 0 Å². The second-order valence-corrected chi connectivity index (χ2v) is 3.65. The molecule has 0 bridgehead atoms. The first-order chi connectivity index (χ1) is 9.10. The standard InChI is InChI=1S/C12H10F2N2O3/c1-18-11-5-10(19-16-11)12(17)15-6-7-2-3-8(13)4-9(7)14/h2-5H,6H2,1H3,(H,15,17). The van der Waals surface area contributed by atoms with Crippen LogP contribution < -0.4 is 10.1 Å². The predicted octanol–water partition coefficient (Wildman–Crippen LogP) is 1.89. The van der Waals surface area contributed by atoms with Gasteiger partial charge in [0.15, 0.2) is 0 Å². The fourth-order valence-corrected chi connectivity index (χ4v) is 1.39. The second-order valence-electron chi connectivity index (χ2n) is 3.65. The molecule has 0 aliphatic heterocycles. The Balaban J connectivity index is 2.00. The summed E-state index contributed by atoms with van der Waals surface area (Å²) in [5.74, 6) is -1.86. The Morgan fingerprint density at radius 2 is 2.21 bits per heavy atom. The lowest BCUT2D eigenvalue weighted by molar-refractivity contribution is 0.0913. The van der Waals surface area contributed by atoms with Crippen LogP contribution in [0.5, 0.6) is 5.88 Å². The lowest BCUT2D eigenvalue weighted by Crippen LogP contribution is -2.22. The number of hydrogen-bond donors (Lipinski definition) is 1. The lowest BCUT2D eigenvalue weighted by atomic mass is 10.2. The molecule has 1 aromatic carbocycles. The van der Waals surface area contributed by atoms with Gasteiger partial charge in [-0.1, -0.05) is 6.07 Å². The minimum atomic E-state index is -0.726. The normalized spacial score (nSPS) is 10.3. The predicted molar refractivity (Wildman–Crippen MR) is 60.6 cm³/mol. The molecule has 0 saturated carbocycles. The van der Waals surface area contributed by atoms with E-state index in [0.717, 1.165) is 12.1 Å². The third-order valence-corrected chi connectivity index (χ3v) is 2.38. The fraction of sp³-hybridized carbons (Fsp3) is 0.167. The molecule has 0 fully saturated rings. The quantitative estimate of drug-likeness (QED) is 0.919. The molecule has 0 atom stereocenters. The van der Waals surface area contributed by atoms with Crippen LogP contribution in [0.1, 0.15) is 16.1 Å². The number of carbonyl (C=O) groups excluding carboxylic acids is 1. The molecule has 1 N–H and O–H groups in total. The largest absolute Gasteiger partial charge is 0.479 e. The summed E-state index contributed by atoms with van der Waals surface area (Å²) >= 11 is 0. The summed E-state index contributed by atoms with van der Waals surface area (Å²) < 4.78 is 35.5. The van der Waals surface area contributed by atoms with Crippen LogP contribution in [-0.4, -0.2) is 18.2 Å². The van der Waals surface area contributed by atoms with E-state index in [-0.39, 0.29) is 23.7 Å². The SMILES string of the molecule is COc1cc(C(=O)NCc2ccc(F)cc2F)on1. The van der Waals surface area contributed by atoms with Crippen molar-refractivity contribution in [2.24, 2.45) is 0 Å². The smallest absolute Gasteiger partial charge is 0.290 e. The first kappa shape index (κ1) is 13.0. The van der Waals surface area contributed by atoms with E-state index in [9.17, 15) is 13.6 Å². The zero-order chi connectivity index (χ0) is 13.8. The summed E-state index contributed by atoms with van der Waals surface area (Å²) in [5, 5.41) is 5.88. The number of halogens is 2. The lowest BCUT2D eigenvalue weighted by Gasteiger charge is -2.04. The molecule has 100 valence electrons. The number of nitrogens with zero attached hydrogens (tertiary/aromatic N) is 1. The Morgan fingerprint density at radius 3 is 2.84 bits per heavy atom. The van der Waals surface area contributed by atoms with Gasteiger partial charge in [0, 0.05) is 18.2 Å². The number of carbonyl (C=O) groups is 1. The van der Waals surface area contributed by atoms with Crippen LogP contribution in [0.25, 0.3) is 0 Å². The van der Waals surface area contributed by atoms with Crippen molar-refractivity contribution in [1.29, 1.82) is 0 Å². The molecule has 1 heterocycles. The number of aromatic nitrogens is 1. The first-order valence-electron chi connectivity index (χ1n) is 5.33. The molecule has 0 radical (unpaired) electrons. The maximum absolute atomic E-state index is 13.3. The van der Waals surface area contributed by atoms with Gasteiger partial charge in [-0.3, -0.25) is 4.79 Å². The van der Waals surface area contributed by atoms with Crippen LogP contribution in [0.15, 0.2) is 28.8 Å². The van der Waals surface area contributed by atoms with Crippen molar-refractivity contribution in [2.45, 2.75) is 6.54 Å². The highest BCUT2D eigenvalue weighted by Crippen LogP contribution is 2.12. The molecule has 0 saturated heterocycles. The molecule has 0 aliphatic carbocycles. The second kappa shape index (κ2) is 5.47. The summed E-state index contributed by atoms with van der Waals surface area (Å²) in [6.45, 7) is -0.0893. The molecule has 0 unspecified atom stereocenters. The number of hydrogen-bond acceptors (Lipinski definition) is 4. The monoisotopic (exact) mass is 268 g/mol. The molecule has 1 aromatic heterocycles. The van der Waals surface area contributed by atoms with Gasteiger partial charge in [0.05, 0.1) is 13.2 Å². The number of rotatable bonds is 4. The van der Waals surface area contributed by atoms with E-state index in [1.54, 1.807) is 0 Å². The van der Waals surface area contributed by atoms with Crippen molar-refractivity contribution in [2.75, 3.05) is 7.11 Å². The van der Waals surface area contributed by atoms with Crippen LogP contribution in [0.3, 0.4) is 0 Å². The number of nitrogens with one attached hydrogen (secondary N) is 1. The summed E-state index contributed by atoms with van der Waals surface area (Å²) in [6.07, 6.45) is 0. The van der Waals surface area contributed by atoms with Crippen LogP contribution in [-0.2, 0) is 6.54 Å². The Hall–Kier alpha value is -2.44. The Morgan fingerprint density at radius 1 is 1.42 bits per heavy atom. The zero-order valence-electron chi connectivity index (χ0n) is 9.94. The average molecular weight is 268 g/mol. The van der Waals surface area contributed by atoms with Gasteiger partial charge in [-0.25, -0.2) is 8.78 Å². The van der Waals surface area contributed by atoms with E-state index < -0.39 is 17.5 Å². The number of amides is 1. The number of methoxy groups -OCH3 is 1. The first-order valence-corrected chi connectivity index (χ1v) is 5.33. The van der Waals surface area contributed by atoms with Gasteiger partial charge in [-0.2, -0.15) is 0 Å². The zero-order valence-corrected chi connectivity index (χ0v) is 9.94. The van der Waals surface area contributed by atoms with Crippen molar-refractivity contribution in [3.8, 4) is 5.88 Å². The third-order valence-electron chi connectivity index (χ3n) is 2.38. The Labute approximate surface area is 107 Å². The van der Waals surface area contributed by atoms with E-state index in [1.165, 1.54) is 19.2 Å². The van der Waals surface area contributed by atoms with Gasteiger partial charge >= 0.3 is 0 Å². The Kier molecular flexibility index (Phi) is 3.74. The molecule has 2 aromatic rings. The summed E-state index contributed by atoms with van der Waals surface area (Å²) in [7, 11) is 1.38. The molecule has 0 spiro atoms. The third kappa shape index (κ3) is 3.06. The Bertz CT molecular complexity index is 598. The van der Waals surface area contributed by atoms with Crippen molar-refractivity contribution < 1.29 is 22.8 Å². The van der Waals surface area contributed by atoms with Gasteiger partial charge in [0.1, 0.15) is 11.6 Å². The van der Waals surface area contributed by atoms with Crippen LogP contribution in [0.4, 0.5) is 8.78 Å². The summed E-state index contributed by atoms with van der Waals surface area (Å²) in [4.78, 5) is 11.6. The molecule has 0 aliphatic rings. The highest BCUT2D eigenvalue weighted by atomic mass is 19.1. The molecule has 5 nitrogen and oxygen atoms in total. The minimum Gasteiger partial charge on any atom is -0.479 e. The molecular formula is C12H10F2N2O3. The van der Waals surface area contributed by atoms with E-state index in [4.69, 9.17) is 9.26 Å². The molecule has 7 heteroatoms. The average Bonchev–Trinajstić information content (AvgIpc) is 2.86. The van der Waals surface area contributed by atoms with Gasteiger partial charge in [0.25, 0.3) is 11.8 Å². The van der Waals surface area contributed by atoms with Crippen molar-refractivity contribution in [1.82, 2.24) is 10.5 Å². The fourth-order valence-electron chi connectivity index (χ4n) is 1.39. The maximum Gasteiger partial charge on any atom is 0.290 e. The van der Waals surface area contributed by atoms with Gasteiger partial charge in [-0.15, -0.1) is 0 Å². The van der Waals surface area contributed by atoms with Crippen molar-refractivity contribution in [3.05, 3.63) is 47.2 Å². The number of ether oxygens (including phenoxy) is 1. The maximum atomic E-state index is 13.3. The van der Waals surface area contributed by atoms with Crippen LogP contribution in [0, 0.1) is 11.6 Å². The van der Waals surface area contributed by atoms with E-state index in [2.05, 4.69) is 10.5 Å². The molecule has 19 heavy (non-hydrogen) atoms. The molecular weight excluding hydrogens is 258 g/mol. The van der Waals surface area contributed by atoms with E-state index in [1.807, 2.05) is 0 Å². The van der Waals surface area contributed by atoms with E-state index in [0.29, 0.717) is 0 Å². The molecule has 1 amide bonds. The van der Waals surface area contributed by atoms with Gasteiger partial charge in [0.2, 0.25) is 5.76 Å².